The molecule has 0 aliphatic carbocycles. The predicted octanol–water partition coefficient (Wildman–Crippen LogP) is 1.61. The third-order valence-electron chi connectivity index (χ3n) is 3.06. The van der Waals surface area contributed by atoms with Crippen LogP contribution < -0.4 is 16.6 Å². The third-order valence-corrected chi connectivity index (χ3v) is 3.50. The van der Waals surface area contributed by atoms with Crippen LogP contribution in [0, 0.1) is 0 Å². The highest BCUT2D eigenvalue weighted by molar-refractivity contribution is 6.34. The number of aromatic nitrogens is 1. The van der Waals surface area contributed by atoms with Crippen LogP contribution in [0.3, 0.4) is 0 Å². The first kappa shape index (κ1) is 13.7. The van der Waals surface area contributed by atoms with Crippen molar-refractivity contribution in [3.8, 4) is 5.69 Å². The number of nitrogens with one attached hydrogen (secondary N) is 1. The number of halogens is 2. The van der Waals surface area contributed by atoms with Crippen molar-refractivity contribution in [2.24, 2.45) is 0 Å². The molecule has 3 rings (SSSR count). The number of fused-ring (bicyclic) bond motifs is 1. The number of imide groups is 1. The van der Waals surface area contributed by atoms with Crippen molar-refractivity contribution in [3.05, 3.63) is 55.8 Å². The highest BCUT2D eigenvalue weighted by atomic mass is 35.5. The second-order valence-corrected chi connectivity index (χ2v) is 5.28. The van der Waals surface area contributed by atoms with Gasteiger partial charge in [0.15, 0.2) is 0 Å². The lowest BCUT2D eigenvalue weighted by Gasteiger charge is -2.12. The van der Waals surface area contributed by atoms with Gasteiger partial charge >= 0.3 is 0 Å². The number of pyridine rings is 1. The van der Waals surface area contributed by atoms with E-state index in [9.17, 15) is 14.4 Å². The minimum absolute atomic E-state index is 0.0318. The topological polar surface area (TPSA) is 94.2 Å². The average molecular weight is 324 g/mol. The van der Waals surface area contributed by atoms with Gasteiger partial charge in [-0.05, 0) is 18.2 Å². The largest absolute Gasteiger partial charge is 0.384 e. The molecule has 0 saturated carbocycles. The molecule has 0 spiro atoms. The third kappa shape index (κ3) is 2.09. The minimum atomic E-state index is -0.644. The fourth-order valence-corrected chi connectivity index (χ4v) is 2.73. The van der Waals surface area contributed by atoms with Gasteiger partial charge in [0.1, 0.15) is 5.82 Å². The molecule has 0 atom stereocenters. The standard InChI is InChI=1S/C13H7Cl2N3O3/c14-5-1-6(15)3-7(2-5)18-9(19)4-8-10(11(18)16)13(21)17-12(8)20/h1-4H,16H2,(H,17,20,21). The number of nitrogens with zero attached hydrogens (tertiary/aromatic N) is 1. The molecule has 0 saturated heterocycles. The quantitative estimate of drug-likeness (QED) is 0.779. The first-order valence-electron chi connectivity index (χ1n) is 5.76. The Hall–Kier alpha value is -2.31. The van der Waals surface area contributed by atoms with E-state index in [2.05, 4.69) is 5.32 Å². The van der Waals surface area contributed by atoms with Gasteiger partial charge in [0.05, 0.1) is 16.8 Å². The maximum atomic E-state index is 12.2. The van der Waals surface area contributed by atoms with Crippen LogP contribution in [0.25, 0.3) is 5.69 Å². The van der Waals surface area contributed by atoms with Crippen molar-refractivity contribution >= 4 is 40.8 Å². The number of anilines is 1. The number of nitrogens with two attached hydrogens (primary N) is 1. The number of nitrogen functional groups attached to an aromatic ring is 1. The van der Waals surface area contributed by atoms with E-state index in [0.717, 1.165) is 10.6 Å². The van der Waals surface area contributed by atoms with E-state index in [1.165, 1.54) is 18.2 Å². The summed E-state index contributed by atoms with van der Waals surface area (Å²) in [7, 11) is 0. The van der Waals surface area contributed by atoms with E-state index in [1.54, 1.807) is 0 Å². The summed E-state index contributed by atoms with van der Waals surface area (Å²) in [6, 6.07) is 5.51. The second kappa shape index (κ2) is 4.61. The fourth-order valence-electron chi connectivity index (χ4n) is 2.21. The molecule has 0 bridgehead atoms. The molecule has 0 radical (unpaired) electrons. The van der Waals surface area contributed by atoms with Crippen molar-refractivity contribution < 1.29 is 9.59 Å². The van der Waals surface area contributed by atoms with Crippen LogP contribution in [0.4, 0.5) is 5.82 Å². The molecule has 0 unspecified atom stereocenters. The van der Waals surface area contributed by atoms with Gasteiger partial charge in [-0.2, -0.15) is 0 Å². The first-order chi connectivity index (χ1) is 9.88. The van der Waals surface area contributed by atoms with Crippen LogP contribution in [-0.2, 0) is 0 Å². The van der Waals surface area contributed by atoms with Crippen molar-refractivity contribution in [2.45, 2.75) is 0 Å². The van der Waals surface area contributed by atoms with Crippen molar-refractivity contribution in [3.63, 3.8) is 0 Å². The maximum Gasteiger partial charge on any atom is 0.262 e. The number of hydrogen-bond acceptors (Lipinski definition) is 4. The summed E-state index contributed by atoms with van der Waals surface area (Å²) in [6.07, 6.45) is 0. The van der Waals surface area contributed by atoms with E-state index >= 15 is 0 Å². The van der Waals surface area contributed by atoms with Gasteiger partial charge in [0, 0.05) is 16.1 Å². The molecule has 6 nitrogen and oxygen atoms in total. The lowest BCUT2D eigenvalue weighted by atomic mass is 10.1. The molecular weight excluding hydrogens is 317 g/mol. The molecule has 1 aromatic carbocycles. The highest BCUT2D eigenvalue weighted by Gasteiger charge is 2.31. The molecule has 1 aliphatic heterocycles. The molecular formula is C13H7Cl2N3O3. The van der Waals surface area contributed by atoms with Gasteiger partial charge in [-0.25, -0.2) is 0 Å². The summed E-state index contributed by atoms with van der Waals surface area (Å²) in [5.74, 6) is -1.43. The second-order valence-electron chi connectivity index (χ2n) is 4.40. The normalized spacial score (nSPS) is 13.2. The summed E-state index contributed by atoms with van der Waals surface area (Å²) in [6.45, 7) is 0. The molecule has 1 aromatic heterocycles. The zero-order chi connectivity index (χ0) is 15.3. The van der Waals surface area contributed by atoms with Crippen LogP contribution >= 0.6 is 23.2 Å². The summed E-state index contributed by atoms with van der Waals surface area (Å²) in [4.78, 5) is 35.5. The number of carbonyl (C=O) groups is 2. The van der Waals surface area contributed by atoms with Crippen LogP contribution in [0.2, 0.25) is 10.0 Å². The predicted molar refractivity (Wildman–Crippen MR) is 78.3 cm³/mol. The number of hydrogen-bond donors (Lipinski definition) is 2. The van der Waals surface area contributed by atoms with Crippen molar-refractivity contribution in [2.75, 3.05) is 5.73 Å². The molecule has 2 aromatic rings. The fraction of sp³-hybridized carbons (Fsp3) is 0. The van der Waals surface area contributed by atoms with Gasteiger partial charge in [-0.3, -0.25) is 24.3 Å². The zero-order valence-electron chi connectivity index (χ0n) is 10.3. The van der Waals surface area contributed by atoms with Gasteiger partial charge in [-0.15, -0.1) is 0 Å². The molecule has 3 N–H and O–H groups in total. The van der Waals surface area contributed by atoms with E-state index in [-0.39, 0.29) is 16.9 Å². The van der Waals surface area contributed by atoms with Gasteiger partial charge in [0.25, 0.3) is 17.4 Å². The monoisotopic (exact) mass is 323 g/mol. The summed E-state index contributed by atoms with van der Waals surface area (Å²) < 4.78 is 1.08. The molecule has 8 heteroatoms. The van der Waals surface area contributed by atoms with Crippen LogP contribution in [-0.4, -0.2) is 16.4 Å². The Balaban J connectivity index is 2.35. The highest BCUT2D eigenvalue weighted by Crippen LogP contribution is 2.26. The Morgan fingerprint density at radius 1 is 0.952 bits per heavy atom. The number of benzene rings is 1. The first-order valence-corrected chi connectivity index (χ1v) is 6.52. The molecule has 21 heavy (non-hydrogen) atoms. The maximum absolute atomic E-state index is 12.2. The zero-order valence-corrected chi connectivity index (χ0v) is 11.8. The number of rotatable bonds is 1. The lowest BCUT2D eigenvalue weighted by Crippen LogP contribution is -2.24. The SMILES string of the molecule is Nc1c2c(cc(=O)n1-c1cc(Cl)cc(Cl)c1)C(=O)NC2=O. The molecule has 2 heterocycles. The van der Waals surface area contributed by atoms with Crippen molar-refractivity contribution in [1.82, 2.24) is 9.88 Å². The van der Waals surface area contributed by atoms with Gasteiger partial charge < -0.3 is 5.73 Å². The van der Waals surface area contributed by atoms with Gasteiger partial charge in [0.2, 0.25) is 0 Å². The van der Waals surface area contributed by atoms with Crippen molar-refractivity contribution in [1.29, 1.82) is 0 Å². The Kier molecular flexibility index (Phi) is 3.00. The molecule has 106 valence electrons. The Morgan fingerprint density at radius 3 is 2.19 bits per heavy atom. The van der Waals surface area contributed by atoms with Crippen LogP contribution in [0.1, 0.15) is 20.7 Å². The molecule has 1 aliphatic rings. The number of amides is 2. The molecule has 2 amide bonds. The van der Waals surface area contributed by atoms with E-state index in [0.29, 0.717) is 15.7 Å². The van der Waals surface area contributed by atoms with Crippen LogP contribution in [0.5, 0.6) is 0 Å². The van der Waals surface area contributed by atoms with Crippen LogP contribution in [0.15, 0.2) is 29.1 Å². The van der Waals surface area contributed by atoms with E-state index < -0.39 is 17.4 Å². The Bertz CT molecular complexity index is 853. The smallest absolute Gasteiger partial charge is 0.262 e. The van der Waals surface area contributed by atoms with E-state index in [1.807, 2.05) is 0 Å². The Labute approximate surface area is 128 Å². The molecule has 0 fully saturated rings. The summed E-state index contributed by atoms with van der Waals surface area (Å²) in [5.41, 5.74) is 5.57. The number of carbonyl (C=O) groups excluding carboxylic acids is 2. The Morgan fingerprint density at radius 2 is 1.57 bits per heavy atom. The summed E-state index contributed by atoms with van der Waals surface area (Å²) in [5, 5.41) is 2.71. The summed E-state index contributed by atoms with van der Waals surface area (Å²) >= 11 is 11.8. The van der Waals surface area contributed by atoms with E-state index in [4.69, 9.17) is 28.9 Å². The average Bonchev–Trinajstić information content (AvgIpc) is 2.63. The lowest BCUT2D eigenvalue weighted by molar-refractivity contribution is 0.0880. The minimum Gasteiger partial charge on any atom is -0.384 e. The van der Waals surface area contributed by atoms with Gasteiger partial charge in [-0.1, -0.05) is 23.2 Å².